The summed E-state index contributed by atoms with van der Waals surface area (Å²) >= 11 is 11.2. The second-order valence-corrected chi connectivity index (χ2v) is 4.96. The molecule has 110 valence electrons. The zero-order valence-corrected chi connectivity index (χ0v) is 13.2. The van der Waals surface area contributed by atoms with Crippen LogP contribution in [0.3, 0.4) is 0 Å². The van der Waals surface area contributed by atoms with Crippen LogP contribution in [0.1, 0.15) is 37.0 Å². The van der Waals surface area contributed by atoms with Gasteiger partial charge in [-0.15, -0.1) is 0 Å². The molecule has 0 spiro atoms. The quantitative estimate of drug-likeness (QED) is 0.477. The maximum atomic E-state index is 11.6. The number of carbonyl (C=O) groups excluding carboxylic acids is 1. The Morgan fingerprint density at radius 2 is 2.15 bits per heavy atom. The van der Waals surface area contributed by atoms with Crippen LogP contribution in [-0.4, -0.2) is 24.2 Å². The number of thiocarbonyl (C=S) groups is 1. The van der Waals surface area contributed by atoms with Crippen molar-refractivity contribution in [3.63, 3.8) is 0 Å². The summed E-state index contributed by atoms with van der Waals surface area (Å²) in [5.74, 6) is -0.423. The van der Waals surface area contributed by atoms with Crippen LogP contribution in [0.25, 0.3) is 0 Å². The molecule has 6 heteroatoms. The average Bonchev–Trinajstić information content (AvgIpc) is 2.39. The Kier molecular flexibility index (Phi) is 7.33. The molecule has 1 aromatic rings. The summed E-state index contributed by atoms with van der Waals surface area (Å²) in [6.45, 7) is 5.02. The van der Waals surface area contributed by atoms with Crippen LogP contribution in [0.5, 0.6) is 0 Å². The van der Waals surface area contributed by atoms with Crippen LogP contribution in [0, 0.1) is 0 Å². The smallest absolute Gasteiger partial charge is 0.339 e. The van der Waals surface area contributed by atoms with E-state index in [1.54, 1.807) is 25.1 Å². The van der Waals surface area contributed by atoms with Gasteiger partial charge in [0.25, 0.3) is 0 Å². The number of carbonyl (C=O) groups is 1. The van der Waals surface area contributed by atoms with Gasteiger partial charge >= 0.3 is 5.97 Å². The van der Waals surface area contributed by atoms with E-state index < -0.39 is 5.97 Å². The summed E-state index contributed by atoms with van der Waals surface area (Å²) in [4.78, 5) is 11.6. The summed E-state index contributed by atoms with van der Waals surface area (Å²) in [6, 6.07) is 5.02. The van der Waals surface area contributed by atoms with Crippen LogP contribution in [0.4, 0.5) is 5.69 Å². The number of hydrogen-bond donors (Lipinski definition) is 2. The Balaban J connectivity index is 2.63. The second kappa shape index (κ2) is 8.76. The van der Waals surface area contributed by atoms with Gasteiger partial charge in [-0.1, -0.05) is 24.9 Å². The number of halogens is 1. The van der Waals surface area contributed by atoms with Crippen LogP contribution in [0.15, 0.2) is 18.2 Å². The number of nitrogens with one attached hydrogen (secondary N) is 2. The summed E-state index contributed by atoms with van der Waals surface area (Å²) in [7, 11) is 0. The fraction of sp³-hybridized carbons (Fsp3) is 0.429. The van der Waals surface area contributed by atoms with E-state index in [1.165, 1.54) is 0 Å². The molecule has 0 radical (unpaired) electrons. The lowest BCUT2D eigenvalue weighted by atomic mass is 10.2. The minimum absolute atomic E-state index is 0.320. The van der Waals surface area contributed by atoms with Crippen molar-refractivity contribution in [1.29, 1.82) is 0 Å². The van der Waals surface area contributed by atoms with Gasteiger partial charge in [-0.2, -0.15) is 0 Å². The molecule has 0 aliphatic carbocycles. The molecule has 0 heterocycles. The standard InChI is InChI=1S/C14H19ClN2O2S/c1-3-5-8-16-14(20)17-10-6-7-11(12(15)9-10)13(18)19-4-2/h6-7,9H,3-5,8H2,1-2H3,(H2,16,17,20). The normalized spacial score (nSPS) is 9.95. The average molecular weight is 315 g/mol. The molecule has 20 heavy (non-hydrogen) atoms. The molecule has 0 aliphatic rings. The van der Waals surface area contributed by atoms with Gasteiger partial charge in [-0.05, 0) is 43.8 Å². The highest BCUT2D eigenvalue weighted by Gasteiger charge is 2.11. The molecule has 0 atom stereocenters. The Morgan fingerprint density at radius 3 is 2.75 bits per heavy atom. The van der Waals surface area contributed by atoms with Gasteiger partial charge in [0.05, 0.1) is 17.2 Å². The van der Waals surface area contributed by atoms with Crippen molar-refractivity contribution in [1.82, 2.24) is 5.32 Å². The summed E-state index contributed by atoms with van der Waals surface area (Å²) < 4.78 is 4.91. The number of rotatable bonds is 6. The third kappa shape index (κ3) is 5.35. The molecule has 0 bridgehead atoms. The Hall–Kier alpha value is -1.33. The monoisotopic (exact) mass is 314 g/mol. The molecule has 0 unspecified atom stereocenters. The van der Waals surface area contributed by atoms with Crippen molar-refractivity contribution in [3.8, 4) is 0 Å². The molecule has 2 N–H and O–H groups in total. The lowest BCUT2D eigenvalue weighted by Crippen LogP contribution is -2.29. The van der Waals surface area contributed by atoms with Crippen molar-refractivity contribution in [2.75, 3.05) is 18.5 Å². The minimum Gasteiger partial charge on any atom is -0.462 e. The Morgan fingerprint density at radius 1 is 1.40 bits per heavy atom. The SMILES string of the molecule is CCCCNC(=S)Nc1ccc(C(=O)OCC)c(Cl)c1. The van der Waals surface area contributed by atoms with Crippen LogP contribution in [-0.2, 0) is 4.74 Å². The fourth-order valence-corrected chi connectivity index (χ4v) is 2.00. The molecule has 0 amide bonds. The van der Waals surface area contributed by atoms with Crippen molar-refractivity contribution in [2.24, 2.45) is 0 Å². The molecule has 0 saturated carbocycles. The molecule has 0 aliphatic heterocycles. The van der Waals surface area contributed by atoms with E-state index in [0.717, 1.165) is 25.1 Å². The van der Waals surface area contributed by atoms with Gasteiger partial charge in [0.15, 0.2) is 5.11 Å². The fourth-order valence-electron chi connectivity index (χ4n) is 1.52. The van der Waals surface area contributed by atoms with Crippen molar-refractivity contribution < 1.29 is 9.53 Å². The molecular formula is C14H19ClN2O2S. The van der Waals surface area contributed by atoms with E-state index in [4.69, 9.17) is 28.6 Å². The Labute approximate surface area is 129 Å². The lowest BCUT2D eigenvalue weighted by Gasteiger charge is -2.11. The number of ether oxygens (including phenoxy) is 1. The first-order valence-electron chi connectivity index (χ1n) is 6.60. The van der Waals surface area contributed by atoms with E-state index in [0.29, 0.717) is 22.3 Å². The maximum absolute atomic E-state index is 11.6. The maximum Gasteiger partial charge on any atom is 0.339 e. The van der Waals surface area contributed by atoms with Crippen molar-refractivity contribution >= 4 is 40.6 Å². The minimum atomic E-state index is -0.423. The lowest BCUT2D eigenvalue weighted by molar-refractivity contribution is 0.0526. The van der Waals surface area contributed by atoms with Gasteiger partial charge in [0.1, 0.15) is 0 Å². The van der Waals surface area contributed by atoms with E-state index in [-0.39, 0.29) is 0 Å². The molecule has 0 aromatic heterocycles. The molecular weight excluding hydrogens is 296 g/mol. The van der Waals surface area contributed by atoms with Crippen LogP contribution < -0.4 is 10.6 Å². The highest BCUT2D eigenvalue weighted by molar-refractivity contribution is 7.80. The third-order valence-corrected chi connectivity index (χ3v) is 3.10. The molecule has 0 saturated heterocycles. The highest BCUT2D eigenvalue weighted by atomic mass is 35.5. The first-order chi connectivity index (χ1) is 9.58. The third-order valence-electron chi connectivity index (χ3n) is 2.54. The van der Waals surface area contributed by atoms with Gasteiger partial charge < -0.3 is 15.4 Å². The van der Waals surface area contributed by atoms with E-state index >= 15 is 0 Å². The largest absolute Gasteiger partial charge is 0.462 e. The van der Waals surface area contributed by atoms with E-state index in [2.05, 4.69) is 17.6 Å². The number of esters is 1. The first-order valence-corrected chi connectivity index (χ1v) is 7.38. The highest BCUT2D eigenvalue weighted by Crippen LogP contribution is 2.21. The number of unbranched alkanes of at least 4 members (excludes halogenated alkanes) is 1. The molecule has 0 fully saturated rings. The van der Waals surface area contributed by atoms with Gasteiger partial charge in [0.2, 0.25) is 0 Å². The zero-order valence-electron chi connectivity index (χ0n) is 11.7. The Bertz CT molecular complexity index is 480. The predicted octanol–water partition coefficient (Wildman–Crippen LogP) is 3.60. The molecule has 1 aromatic carbocycles. The summed E-state index contributed by atoms with van der Waals surface area (Å²) in [6.07, 6.45) is 2.17. The molecule has 4 nitrogen and oxygen atoms in total. The summed E-state index contributed by atoms with van der Waals surface area (Å²) in [5.41, 5.74) is 1.08. The second-order valence-electron chi connectivity index (χ2n) is 4.15. The topological polar surface area (TPSA) is 50.4 Å². The first kappa shape index (κ1) is 16.7. The summed E-state index contributed by atoms with van der Waals surface area (Å²) in [5, 5.41) is 7.00. The number of hydrogen-bond acceptors (Lipinski definition) is 3. The van der Waals surface area contributed by atoms with Crippen LogP contribution in [0.2, 0.25) is 5.02 Å². The van der Waals surface area contributed by atoms with Gasteiger partial charge in [0, 0.05) is 12.2 Å². The van der Waals surface area contributed by atoms with E-state index in [9.17, 15) is 4.79 Å². The predicted molar refractivity (Wildman–Crippen MR) is 86.5 cm³/mol. The van der Waals surface area contributed by atoms with E-state index in [1.807, 2.05) is 0 Å². The van der Waals surface area contributed by atoms with Gasteiger partial charge in [-0.3, -0.25) is 0 Å². The zero-order chi connectivity index (χ0) is 15.0. The van der Waals surface area contributed by atoms with Crippen LogP contribution >= 0.6 is 23.8 Å². The van der Waals surface area contributed by atoms with Gasteiger partial charge in [-0.25, -0.2) is 4.79 Å². The number of anilines is 1. The van der Waals surface area contributed by atoms with Crippen molar-refractivity contribution in [2.45, 2.75) is 26.7 Å². The number of benzene rings is 1. The molecule has 1 rings (SSSR count). The van der Waals surface area contributed by atoms with Crippen molar-refractivity contribution in [3.05, 3.63) is 28.8 Å².